The summed E-state index contributed by atoms with van der Waals surface area (Å²) in [6, 6.07) is 0. The van der Waals surface area contributed by atoms with Crippen molar-refractivity contribution in [3.8, 4) is 0 Å². The Morgan fingerprint density at radius 3 is 2.94 bits per heavy atom. The van der Waals surface area contributed by atoms with E-state index < -0.39 is 10.0 Å². The highest BCUT2D eigenvalue weighted by molar-refractivity contribution is 7.89. The number of aromatic nitrogens is 2. The fourth-order valence-corrected chi connectivity index (χ4v) is 3.12. The second kappa shape index (κ2) is 5.81. The van der Waals surface area contributed by atoms with Crippen LogP contribution in [0.3, 0.4) is 0 Å². The number of H-pyrrole nitrogens is 1. The highest BCUT2D eigenvalue weighted by Gasteiger charge is 2.22. The Labute approximate surface area is 108 Å². The summed E-state index contributed by atoms with van der Waals surface area (Å²) >= 11 is 0. The average Bonchev–Trinajstić information content (AvgIpc) is 3.03. The standard InChI is InChI=1S/C11H20N4O2S/c1-12-7-10-8-13-15-11(10)18(16,17)14-6-2-3-9-4-5-9/h8-9,12,14H,2-7H2,1H3,(H,13,15). The Morgan fingerprint density at radius 2 is 2.28 bits per heavy atom. The van der Waals surface area contributed by atoms with Crippen LogP contribution in [0.25, 0.3) is 0 Å². The zero-order valence-corrected chi connectivity index (χ0v) is 11.4. The van der Waals surface area contributed by atoms with Crippen LogP contribution in [0.5, 0.6) is 0 Å². The molecule has 0 aliphatic heterocycles. The summed E-state index contributed by atoms with van der Waals surface area (Å²) in [5.41, 5.74) is 0.659. The van der Waals surface area contributed by atoms with Crippen LogP contribution in [0.15, 0.2) is 11.2 Å². The zero-order chi connectivity index (χ0) is 13.0. The second-order valence-electron chi connectivity index (χ2n) is 4.74. The molecule has 102 valence electrons. The summed E-state index contributed by atoms with van der Waals surface area (Å²) in [5, 5.41) is 9.43. The summed E-state index contributed by atoms with van der Waals surface area (Å²) in [5.74, 6) is 0.835. The number of rotatable bonds is 8. The summed E-state index contributed by atoms with van der Waals surface area (Å²) in [7, 11) is -1.69. The van der Waals surface area contributed by atoms with Crippen molar-refractivity contribution in [3.63, 3.8) is 0 Å². The Bertz CT molecular complexity index is 479. The van der Waals surface area contributed by atoms with Gasteiger partial charge in [0.1, 0.15) is 0 Å². The number of nitrogens with zero attached hydrogens (tertiary/aromatic N) is 1. The van der Waals surface area contributed by atoms with Crippen molar-refractivity contribution < 1.29 is 8.42 Å². The molecule has 1 fully saturated rings. The van der Waals surface area contributed by atoms with Gasteiger partial charge in [0.15, 0.2) is 5.03 Å². The van der Waals surface area contributed by atoms with Gasteiger partial charge in [0.2, 0.25) is 0 Å². The average molecular weight is 272 g/mol. The third kappa shape index (κ3) is 3.54. The third-order valence-electron chi connectivity index (χ3n) is 3.09. The molecule has 0 radical (unpaired) electrons. The quantitative estimate of drug-likeness (QED) is 0.605. The van der Waals surface area contributed by atoms with E-state index in [0.717, 1.165) is 18.8 Å². The molecule has 0 bridgehead atoms. The van der Waals surface area contributed by atoms with Crippen molar-refractivity contribution in [2.75, 3.05) is 13.6 Å². The molecule has 0 spiro atoms. The molecule has 1 saturated carbocycles. The molecule has 3 N–H and O–H groups in total. The smallest absolute Gasteiger partial charge is 0.257 e. The van der Waals surface area contributed by atoms with Gasteiger partial charge in [-0.15, -0.1) is 0 Å². The van der Waals surface area contributed by atoms with Gasteiger partial charge in [-0.1, -0.05) is 12.8 Å². The lowest BCUT2D eigenvalue weighted by molar-refractivity contribution is 0.566. The molecule has 1 aromatic heterocycles. The summed E-state index contributed by atoms with van der Waals surface area (Å²) in [4.78, 5) is 0. The predicted octanol–water partition coefficient (Wildman–Crippen LogP) is 0.598. The van der Waals surface area contributed by atoms with Gasteiger partial charge in [-0.2, -0.15) is 5.10 Å². The van der Waals surface area contributed by atoms with Crippen LogP contribution < -0.4 is 10.0 Å². The van der Waals surface area contributed by atoms with Crippen molar-refractivity contribution in [1.29, 1.82) is 0 Å². The monoisotopic (exact) mass is 272 g/mol. The molecule has 0 aromatic carbocycles. The Hall–Kier alpha value is -0.920. The molecule has 18 heavy (non-hydrogen) atoms. The van der Waals surface area contributed by atoms with E-state index in [-0.39, 0.29) is 5.03 Å². The number of hydrogen-bond acceptors (Lipinski definition) is 4. The fraction of sp³-hybridized carbons (Fsp3) is 0.727. The van der Waals surface area contributed by atoms with E-state index in [0.29, 0.717) is 18.7 Å². The fourth-order valence-electron chi connectivity index (χ4n) is 1.92. The number of sulfonamides is 1. The minimum Gasteiger partial charge on any atom is -0.316 e. The van der Waals surface area contributed by atoms with Crippen LogP contribution in [-0.4, -0.2) is 32.2 Å². The molecular formula is C11H20N4O2S. The molecule has 0 atom stereocenters. The van der Waals surface area contributed by atoms with Gasteiger partial charge in [-0.3, -0.25) is 5.10 Å². The van der Waals surface area contributed by atoms with Crippen LogP contribution in [-0.2, 0) is 16.6 Å². The zero-order valence-electron chi connectivity index (χ0n) is 10.6. The Kier molecular flexibility index (Phi) is 4.36. The van der Waals surface area contributed by atoms with E-state index in [2.05, 4.69) is 20.2 Å². The molecule has 1 aliphatic carbocycles. The van der Waals surface area contributed by atoms with E-state index in [1.807, 2.05) is 0 Å². The molecule has 6 nitrogen and oxygen atoms in total. The van der Waals surface area contributed by atoms with E-state index >= 15 is 0 Å². The van der Waals surface area contributed by atoms with Crippen molar-refractivity contribution in [2.24, 2.45) is 5.92 Å². The Morgan fingerprint density at radius 1 is 1.50 bits per heavy atom. The van der Waals surface area contributed by atoms with Crippen molar-refractivity contribution in [1.82, 2.24) is 20.2 Å². The van der Waals surface area contributed by atoms with Gasteiger partial charge in [0.05, 0.1) is 6.20 Å². The number of hydrogen-bond donors (Lipinski definition) is 3. The summed E-state index contributed by atoms with van der Waals surface area (Å²) in [6.07, 6.45) is 6.17. The van der Waals surface area contributed by atoms with Gasteiger partial charge in [0.25, 0.3) is 10.0 Å². The van der Waals surface area contributed by atoms with Gasteiger partial charge in [-0.25, -0.2) is 13.1 Å². The largest absolute Gasteiger partial charge is 0.316 e. The van der Waals surface area contributed by atoms with E-state index in [1.165, 1.54) is 19.0 Å². The first-order valence-electron chi connectivity index (χ1n) is 6.30. The number of aromatic amines is 1. The summed E-state index contributed by atoms with van der Waals surface area (Å²) < 4.78 is 26.7. The van der Waals surface area contributed by atoms with Gasteiger partial charge in [0, 0.05) is 18.7 Å². The molecule has 0 amide bonds. The number of nitrogens with one attached hydrogen (secondary N) is 3. The second-order valence-corrected chi connectivity index (χ2v) is 6.44. The van der Waals surface area contributed by atoms with E-state index in [9.17, 15) is 8.42 Å². The maximum absolute atomic E-state index is 12.0. The highest BCUT2D eigenvalue weighted by Crippen LogP contribution is 2.33. The molecule has 0 unspecified atom stereocenters. The van der Waals surface area contributed by atoms with E-state index in [1.54, 1.807) is 7.05 Å². The first kappa shape index (κ1) is 13.5. The molecule has 1 aliphatic rings. The van der Waals surface area contributed by atoms with Crippen molar-refractivity contribution >= 4 is 10.0 Å². The lowest BCUT2D eigenvalue weighted by Crippen LogP contribution is -2.26. The van der Waals surface area contributed by atoms with Gasteiger partial charge >= 0.3 is 0 Å². The molecule has 1 heterocycles. The molecular weight excluding hydrogens is 252 g/mol. The third-order valence-corrected chi connectivity index (χ3v) is 4.57. The normalized spacial score (nSPS) is 16.1. The van der Waals surface area contributed by atoms with Crippen LogP contribution in [0.2, 0.25) is 0 Å². The summed E-state index contributed by atoms with van der Waals surface area (Å²) in [6.45, 7) is 0.978. The van der Waals surface area contributed by atoms with E-state index in [4.69, 9.17) is 0 Å². The van der Waals surface area contributed by atoms with Crippen LogP contribution in [0, 0.1) is 5.92 Å². The van der Waals surface area contributed by atoms with Gasteiger partial charge in [-0.05, 0) is 25.8 Å². The van der Waals surface area contributed by atoms with Gasteiger partial charge < -0.3 is 5.32 Å². The van der Waals surface area contributed by atoms with Crippen molar-refractivity contribution in [2.45, 2.75) is 37.3 Å². The van der Waals surface area contributed by atoms with Crippen LogP contribution in [0.1, 0.15) is 31.2 Å². The highest BCUT2D eigenvalue weighted by atomic mass is 32.2. The minimum absolute atomic E-state index is 0.170. The minimum atomic E-state index is -3.46. The SMILES string of the molecule is CNCc1cn[nH]c1S(=O)(=O)NCCCC1CC1. The predicted molar refractivity (Wildman–Crippen MR) is 68.5 cm³/mol. The molecule has 1 aromatic rings. The maximum Gasteiger partial charge on any atom is 0.257 e. The topological polar surface area (TPSA) is 86.9 Å². The lowest BCUT2D eigenvalue weighted by atomic mass is 10.2. The first-order valence-corrected chi connectivity index (χ1v) is 7.78. The molecule has 7 heteroatoms. The Balaban J connectivity index is 1.89. The molecule has 2 rings (SSSR count). The first-order chi connectivity index (χ1) is 8.63. The van der Waals surface area contributed by atoms with Crippen LogP contribution in [0.4, 0.5) is 0 Å². The molecule has 0 saturated heterocycles. The van der Waals surface area contributed by atoms with Crippen LogP contribution >= 0.6 is 0 Å². The lowest BCUT2D eigenvalue weighted by Gasteiger charge is -2.06. The maximum atomic E-state index is 12.0. The van der Waals surface area contributed by atoms with Crippen molar-refractivity contribution in [3.05, 3.63) is 11.8 Å².